The summed E-state index contributed by atoms with van der Waals surface area (Å²) >= 11 is 0. The molecule has 0 atom stereocenters. The number of nitriles is 1. The van der Waals surface area contributed by atoms with Crippen LogP contribution in [0.15, 0.2) is 48.5 Å². The summed E-state index contributed by atoms with van der Waals surface area (Å²) in [5, 5.41) is 8.91. The first-order chi connectivity index (χ1) is 12.8. The van der Waals surface area contributed by atoms with Crippen LogP contribution < -0.4 is 0 Å². The van der Waals surface area contributed by atoms with Gasteiger partial charge in [0.15, 0.2) is 0 Å². The molecule has 0 bridgehead atoms. The van der Waals surface area contributed by atoms with E-state index in [2.05, 4.69) is 37.3 Å². The molecule has 0 aliphatic heterocycles. The second-order valence-corrected chi connectivity index (χ2v) is 7.36. The van der Waals surface area contributed by atoms with Gasteiger partial charge in [0.2, 0.25) is 0 Å². The highest BCUT2D eigenvalue weighted by molar-refractivity contribution is 5.64. The van der Waals surface area contributed by atoms with Crippen molar-refractivity contribution in [3.05, 3.63) is 59.7 Å². The topological polar surface area (TPSA) is 33.0 Å². The molecular formula is C24H29NO. The van der Waals surface area contributed by atoms with Gasteiger partial charge in [0, 0.05) is 6.61 Å². The Labute approximate surface area is 157 Å². The van der Waals surface area contributed by atoms with Crippen LogP contribution in [0.4, 0.5) is 0 Å². The van der Waals surface area contributed by atoms with Crippen molar-refractivity contribution in [3.63, 3.8) is 0 Å². The molecule has 0 saturated heterocycles. The fourth-order valence-electron chi connectivity index (χ4n) is 3.85. The summed E-state index contributed by atoms with van der Waals surface area (Å²) in [5.74, 6) is 0.667. The van der Waals surface area contributed by atoms with Gasteiger partial charge in [-0.2, -0.15) is 5.26 Å². The zero-order valence-electron chi connectivity index (χ0n) is 15.8. The molecule has 0 aromatic heterocycles. The third-order valence-corrected chi connectivity index (χ3v) is 5.51. The van der Waals surface area contributed by atoms with E-state index in [4.69, 9.17) is 10.00 Å². The van der Waals surface area contributed by atoms with E-state index < -0.39 is 0 Å². The van der Waals surface area contributed by atoms with Crippen molar-refractivity contribution >= 4 is 0 Å². The van der Waals surface area contributed by atoms with Gasteiger partial charge < -0.3 is 4.74 Å². The van der Waals surface area contributed by atoms with Crippen LogP contribution in [0.2, 0.25) is 0 Å². The third-order valence-electron chi connectivity index (χ3n) is 5.51. The summed E-state index contributed by atoms with van der Waals surface area (Å²) in [7, 11) is 0. The van der Waals surface area contributed by atoms with Crippen LogP contribution >= 0.6 is 0 Å². The Morgan fingerprint density at radius 3 is 2.08 bits per heavy atom. The average molecular weight is 348 g/mol. The third kappa shape index (κ3) is 4.96. The molecule has 2 aromatic rings. The van der Waals surface area contributed by atoms with Crippen LogP contribution in [0, 0.1) is 11.3 Å². The first kappa shape index (κ1) is 18.7. The second kappa shape index (κ2) is 9.55. The van der Waals surface area contributed by atoms with Gasteiger partial charge in [-0.1, -0.05) is 56.2 Å². The van der Waals surface area contributed by atoms with Gasteiger partial charge in [-0.3, -0.25) is 0 Å². The van der Waals surface area contributed by atoms with Crippen molar-refractivity contribution < 1.29 is 4.74 Å². The van der Waals surface area contributed by atoms with Gasteiger partial charge in [-0.05, 0) is 66.8 Å². The Morgan fingerprint density at radius 1 is 0.885 bits per heavy atom. The van der Waals surface area contributed by atoms with E-state index in [0.717, 1.165) is 6.61 Å². The monoisotopic (exact) mass is 347 g/mol. The van der Waals surface area contributed by atoms with E-state index in [1.807, 2.05) is 24.3 Å². The molecule has 136 valence electrons. The van der Waals surface area contributed by atoms with Crippen molar-refractivity contribution in [2.24, 2.45) is 0 Å². The van der Waals surface area contributed by atoms with Crippen LogP contribution in [0.3, 0.4) is 0 Å². The number of hydrogen-bond donors (Lipinski definition) is 0. The first-order valence-corrected chi connectivity index (χ1v) is 10.0. The van der Waals surface area contributed by atoms with E-state index in [1.54, 1.807) is 0 Å². The number of rotatable bonds is 7. The van der Waals surface area contributed by atoms with Crippen LogP contribution in [-0.2, 0) is 4.74 Å². The normalized spacial score (nSPS) is 19.8. The predicted octanol–water partition coefficient (Wildman–Crippen LogP) is 6.46. The molecule has 26 heavy (non-hydrogen) atoms. The average Bonchev–Trinajstić information content (AvgIpc) is 2.72. The molecule has 0 spiro atoms. The molecule has 1 aliphatic rings. The van der Waals surface area contributed by atoms with Crippen molar-refractivity contribution in [1.82, 2.24) is 0 Å². The van der Waals surface area contributed by atoms with E-state index >= 15 is 0 Å². The molecule has 0 N–H and O–H groups in total. The van der Waals surface area contributed by atoms with Crippen LogP contribution in [0.25, 0.3) is 11.1 Å². The van der Waals surface area contributed by atoms with Gasteiger partial charge in [-0.25, -0.2) is 0 Å². The molecule has 0 unspecified atom stereocenters. The Kier molecular flexibility index (Phi) is 6.86. The quantitative estimate of drug-likeness (QED) is 0.539. The number of ether oxygens (including phenoxy) is 1. The molecule has 2 nitrogen and oxygen atoms in total. The molecular weight excluding hydrogens is 318 g/mol. The SMILES string of the molecule is CCCCCO[C@H]1CC[C@H](c2ccc(-c3ccc(C#N)cc3)cc2)CC1. The fourth-order valence-corrected chi connectivity index (χ4v) is 3.85. The molecule has 1 saturated carbocycles. The minimum atomic E-state index is 0.473. The summed E-state index contributed by atoms with van der Waals surface area (Å²) < 4.78 is 6.04. The van der Waals surface area contributed by atoms with Crippen molar-refractivity contribution in [1.29, 1.82) is 5.26 Å². The Hall–Kier alpha value is -2.11. The summed E-state index contributed by atoms with van der Waals surface area (Å²) in [5.41, 5.74) is 4.54. The van der Waals surface area contributed by atoms with Crippen LogP contribution in [0.1, 0.15) is 68.9 Å². The maximum Gasteiger partial charge on any atom is 0.0991 e. The summed E-state index contributed by atoms with van der Waals surface area (Å²) in [4.78, 5) is 0. The molecule has 0 amide bonds. The highest BCUT2D eigenvalue weighted by Gasteiger charge is 2.22. The minimum Gasteiger partial charge on any atom is -0.378 e. The van der Waals surface area contributed by atoms with Gasteiger partial charge in [0.1, 0.15) is 0 Å². The Balaban J connectivity index is 1.52. The number of benzene rings is 2. The predicted molar refractivity (Wildman–Crippen MR) is 107 cm³/mol. The molecule has 0 radical (unpaired) electrons. The molecule has 3 rings (SSSR count). The fraction of sp³-hybridized carbons (Fsp3) is 0.458. The van der Waals surface area contributed by atoms with E-state index in [1.165, 1.54) is 61.6 Å². The van der Waals surface area contributed by atoms with Crippen LogP contribution in [0.5, 0.6) is 0 Å². The van der Waals surface area contributed by atoms with E-state index in [9.17, 15) is 0 Å². The van der Waals surface area contributed by atoms with Crippen LogP contribution in [-0.4, -0.2) is 12.7 Å². The highest BCUT2D eigenvalue weighted by atomic mass is 16.5. The Bertz CT molecular complexity index is 703. The molecule has 0 heterocycles. The van der Waals surface area contributed by atoms with Gasteiger partial charge in [-0.15, -0.1) is 0 Å². The molecule has 2 aromatic carbocycles. The second-order valence-electron chi connectivity index (χ2n) is 7.36. The minimum absolute atomic E-state index is 0.473. The maximum atomic E-state index is 8.91. The molecule has 1 fully saturated rings. The lowest BCUT2D eigenvalue weighted by Crippen LogP contribution is -2.21. The smallest absolute Gasteiger partial charge is 0.0991 e. The zero-order valence-corrected chi connectivity index (χ0v) is 15.8. The summed E-state index contributed by atoms with van der Waals surface area (Å²) in [6, 6.07) is 19.0. The van der Waals surface area contributed by atoms with E-state index in [-0.39, 0.29) is 0 Å². The molecule has 2 heteroatoms. The lowest BCUT2D eigenvalue weighted by molar-refractivity contribution is 0.0227. The summed E-state index contributed by atoms with van der Waals surface area (Å²) in [6.07, 6.45) is 9.05. The lowest BCUT2D eigenvalue weighted by atomic mass is 9.82. The zero-order chi connectivity index (χ0) is 18.2. The van der Waals surface area contributed by atoms with E-state index in [0.29, 0.717) is 17.6 Å². The largest absolute Gasteiger partial charge is 0.378 e. The molecule has 1 aliphatic carbocycles. The van der Waals surface area contributed by atoms with Crippen molar-refractivity contribution in [2.45, 2.75) is 63.9 Å². The van der Waals surface area contributed by atoms with Crippen molar-refractivity contribution in [3.8, 4) is 17.2 Å². The lowest BCUT2D eigenvalue weighted by Gasteiger charge is -2.29. The van der Waals surface area contributed by atoms with Gasteiger partial charge in [0.05, 0.1) is 17.7 Å². The van der Waals surface area contributed by atoms with Gasteiger partial charge in [0.25, 0.3) is 0 Å². The number of nitrogens with zero attached hydrogens (tertiary/aromatic N) is 1. The van der Waals surface area contributed by atoms with Crippen molar-refractivity contribution in [2.75, 3.05) is 6.61 Å². The summed E-state index contributed by atoms with van der Waals surface area (Å²) in [6.45, 7) is 3.17. The highest BCUT2D eigenvalue weighted by Crippen LogP contribution is 2.35. The maximum absolute atomic E-state index is 8.91. The van der Waals surface area contributed by atoms with Gasteiger partial charge >= 0.3 is 0 Å². The number of hydrogen-bond acceptors (Lipinski definition) is 2. The number of unbranched alkanes of at least 4 members (excludes halogenated alkanes) is 2. The Morgan fingerprint density at radius 2 is 1.50 bits per heavy atom. The standard InChI is InChI=1S/C24H29NO/c1-2-3-4-17-26-24-15-13-23(14-16-24)22-11-9-21(10-12-22)20-7-5-19(18-25)6-8-20/h5-12,23-24H,2-4,13-17H2,1H3/t23-,24-. The first-order valence-electron chi connectivity index (χ1n) is 10.0.